The molecule has 0 fully saturated rings. The average molecular weight is 294 g/mol. The molecule has 2 rings (SSSR count). The number of hydrogen-bond acceptors (Lipinski definition) is 6. The van der Waals surface area contributed by atoms with Crippen molar-refractivity contribution >= 4 is 22.4 Å². The molecule has 0 radical (unpaired) electrons. The molecular weight excluding hydrogens is 276 g/mol. The van der Waals surface area contributed by atoms with Gasteiger partial charge in [-0.05, 0) is 19.4 Å². The highest BCUT2D eigenvalue weighted by atomic mass is 32.1. The molecule has 1 N–H and O–H groups in total. The van der Waals surface area contributed by atoms with Gasteiger partial charge < -0.3 is 10.1 Å². The largest absolute Gasteiger partial charge is 0.466 e. The molecule has 6 nitrogen and oxygen atoms in total. The molecule has 2 aromatic rings. The smallest absolute Gasteiger partial charge is 0.311 e. The van der Waals surface area contributed by atoms with E-state index in [-0.39, 0.29) is 12.4 Å². The summed E-state index contributed by atoms with van der Waals surface area (Å²) in [6.07, 6.45) is 4.06. The zero-order valence-corrected chi connectivity index (χ0v) is 12.4. The van der Waals surface area contributed by atoms with Gasteiger partial charge in [0.25, 0.3) is 0 Å². The van der Waals surface area contributed by atoms with Crippen molar-refractivity contribution in [3.8, 4) is 0 Å². The molecule has 0 amide bonds. The van der Waals surface area contributed by atoms with E-state index in [1.807, 2.05) is 29.4 Å². The zero-order valence-electron chi connectivity index (χ0n) is 11.6. The van der Waals surface area contributed by atoms with E-state index < -0.39 is 0 Å². The van der Waals surface area contributed by atoms with Crippen molar-refractivity contribution in [3.05, 3.63) is 29.0 Å². The number of nitrogens with zero attached hydrogens (tertiary/aromatic N) is 3. The third kappa shape index (κ3) is 4.34. The van der Waals surface area contributed by atoms with Crippen molar-refractivity contribution in [2.45, 2.75) is 26.8 Å². The zero-order chi connectivity index (χ0) is 14.4. The van der Waals surface area contributed by atoms with Crippen LogP contribution in [0.3, 0.4) is 0 Å². The molecule has 0 atom stereocenters. The minimum absolute atomic E-state index is 0.227. The lowest BCUT2D eigenvalue weighted by molar-refractivity contribution is -0.142. The van der Waals surface area contributed by atoms with Crippen molar-refractivity contribution in [1.29, 1.82) is 0 Å². The van der Waals surface area contributed by atoms with Crippen LogP contribution in [0.5, 0.6) is 0 Å². The lowest BCUT2D eigenvalue weighted by atomic mass is 10.3. The molecule has 2 aromatic heterocycles. The first-order valence-corrected chi connectivity index (χ1v) is 7.38. The Labute approximate surface area is 121 Å². The summed E-state index contributed by atoms with van der Waals surface area (Å²) in [4.78, 5) is 15.7. The standard InChI is InChI=1S/C13H18N4O2S/c1-3-19-12(18)6-11-9-20-13(16-11)14-4-5-17-8-10(2)7-15-17/h7-9H,3-6H2,1-2H3,(H,14,16). The van der Waals surface area contributed by atoms with E-state index in [1.54, 1.807) is 6.92 Å². The van der Waals surface area contributed by atoms with Gasteiger partial charge in [0.15, 0.2) is 5.13 Å². The number of nitrogens with one attached hydrogen (secondary N) is 1. The first-order valence-electron chi connectivity index (χ1n) is 6.50. The topological polar surface area (TPSA) is 69.0 Å². The van der Waals surface area contributed by atoms with E-state index in [1.165, 1.54) is 11.3 Å². The SMILES string of the molecule is CCOC(=O)Cc1csc(NCCn2cc(C)cn2)n1. The van der Waals surface area contributed by atoms with E-state index in [9.17, 15) is 4.79 Å². The second-order valence-corrected chi connectivity index (χ2v) is 5.19. The Balaban J connectivity index is 1.76. The van der Waals surface area contributed by atoms with Gasteiger partial charge in [-0.1, -0.05) is 0 Å². The maximum absolute atomic E-state index is 11.3. The number of anilines is 1. The molecular formula is C13H18N4O2S. The molecule has 0 unspecified atom stereocenters. The maximum Gasteiger partial charge on any atom is 0.311 e. The summed E-state index contributed by atoms with van der Waals surface area (Å²) < 4.78 is 6.77. The van der Waals surface area contributed by atoms with Crippen LogP contribution in [0.4, 0.5) is 5.13 Å². The lowest BCUT2D eigenvalue weighted by Gasteiger charge is -2.02. The van der Waals surface area contributed by atoms with Gasteiger partial charge in [0.05, 0.1) is 31.5 Å². The fraction of sp³-hybridized carbons (Fsp3) is 0.462. The van der Waals surface area contributed by atoms with Gasteiger partial charge in [-0.15, -0.1) is 11.3 Å². The van der Waals surface area contributed by atoms with Gasteiger partial charge in [-0.3, -0.25) is 9.48 Å². The Morgan fingerprint density at radius 1 is 1.55 bits per heavy atom. The first-order chi connectivity index (χ1) is 9.67. The fourth-order valence-electron chi connectivity index (χ4n) is 1.70. The van der Waals surface area contributed by atoms with Gasteiger partial charge in [0, 0.05) is 18.1 Å². The molecule has 0 spiro atoms. The quantitative estimate of drug-likeness (QED) is 0.789. The number of thiazole rings is 1. The molecule has 20 heavy (non-hydrogen) atoms. The molecule has 7 heteroatoms. The van der Waals surface area contributed by atoms with Crippen LogP contribution in [0.1, 0.15) is 18.2 Å². The molecule has 0 aliphatic carbocycles. The molecule has 0 aliphatic heterocycles. The predicted molar refractivity (Wildman–Crippen MR) is 77.9 cm³/mol. The second kappa shape index (κ2) is 7.04. The molecule has 0 bridgehead atoms. The molecule has 0 aliphatic rings. The monoisotopic (exact) mass is 294 g/mol. The van der Waals surface area contributed by atoms with Crippen LogP contribution in [0, 0.1) is 6.92 Å². The highest BCUT2D eigenvalue weighted by molar-refractivity contribution is 7.13. The summed E-state index contributed by atoms with van der Waals surface area (Å²) in [5.41, 5.74) is 1.89. The van der Waals surface area contributed by atoms with Gasteiger partial charge in [0.2, 0.25) is 0 Å². The first kappa shape index (κ1) is 14.5. The summed E-state index contributed by atoms with van der Waals surface area (Å²) in [5, 5.41) is 10.1. The highest BCUT2D eigenvalue weighted by Gasteiger charge is 2.08. The molecule has 0 aromatic carbocycles. The van der Waals surface area contributed by atoms with Crippen LogP contribution in [0.2, 0.25) is 0 Å². The Hall–Kier alpha value is -1.89. The van der Waals surface area contributed by atoms with Gasteiger partial charge in [-0.25, -0.2) is 4.98 Å². The third-order valence-corrected chi connectivity index (χ3v) is 3.41. The maximum atomic E-state index is 11.3. The number of carbonyl (C=O) groups excluding carboxylic acids is 1. The summed E-state index contributed by atoms with van der Waals surface area (Å²) in [6, 6.07) is 0. The van der Waals surface area contributed by atoms with Gasteiger partial charge in [0.1, 0.15) is 0 Å². The summed E-state index contributed by atoms with van der Waals surface area (Å²) in [5.74, 6) is -0.239. The van der Waals surface area contributed by atoms with Crippen LogP contribution in [0.25, 0.3) is 0 Å². The van der Waals surface area contributed by atoms with E-state index in [4.69, 9.17) is 4.74 Å². The van der Waals surface area contributed by atoms with E-state index in [0.29, 0.717) is 6.61 Å². The number of ether oxygens (including phenoxy) is 1. The molecule has 2 heterocycles. The van der Waals surface area contributed by atoms with Crippen LogP contribution < -0.4 is 5.32 Å². The van der Waals surface area contributed by atoms with Crippen LogP contribution in [0.15, 0.2) is 17.8 Å². The number of carbonyl (C=O) groups is 1. The molecule has 0 saturated carbocycles. The Bertz CT molecular complexity index is 564. The normalized spacial score (nSPS) is 10.5. The van der Waals surface area contributed by atoms with Crippen molar-refractivity contribution in [1.82, 2.24) is 14.8 Å². The minimum atomic E-state index is -0.239. The van der Waals surface area contributed by atoms with Crippen LogP contribution in [-0.2, 0) is 22.5 Å². The number of hydrogen-bond donors (Lipinski definition) is 1. The summed E-state index contributed by atoms with van der Waals surface area (Å²) >= 11 is 1.49. The average Bonchev–Trinajstić information content (AvgIpc) is 3.00. The Morgan fingerprint density at radius 2 is 2.40 bits per heavy atom. The van der Waals surface area contributed by atoms with Crippen molar-refractivity contribution in [2.75, 3.05) is 18.5 Å². The number of esters is 1. The van der Waals surface area contributed by atoms with Crippen molar-refractivity contribution in [3.63, 3.8) is 0 Å². The predicted octanol–water partition coefficient (Wildman–Crippen LogP) is 1.87. The van der Waals surface area contributed by atoms with Crippen LogP contribution in [-0.4, -0.2) is 33.9 Å². The third-order valence-electron chi connectivity index (χ3n) is 2.56. The number of aryl methyl sites for hydroxylation is 1. The van der Waals surface area contributed by atoms with E-state index in [2.05, 4.69) is 15.4 Å². The minimum Gasteiger partial charge on any atom is -0.466 e. The summed E-state index contributed by atoms with van der Waals surface area (Å²) in [6.45, 7) is 5.73. The number of rotatable bonds is 7. The second-order valence-electron chi connectivity index (χ2n) is 4.33. The highest BCUT2D eigenvalue weighted by Crippen LogP contribution is 2.15. The van der Waals surface area contributed by atoms with Gasteiger partial charge >= 0.3 is 5.97 Å². The molecule has 108 valence electrons. The number of aromatic nitrogens is 3. The summed E-state index contributed by atoms with van der Waals surface area (Å²) in [7, 11) is 0. The van der Waals surface area contributed by atoms with E-state index >= 15 is 0 Å². The Morgan fingerprint density at radius 3 is 3.10 bits per heavy atom. The van der Waals surface area contributed by atoms with Crippen molar-refractivity contribution < 1.29 is 9.53 Å². The lowest BCUT2D eigenvalue weighted by Crippen LogP contribution is -2.11. The van der Waals surface area contributed by atoms with Crippen LogP contribution >= 0.6 is 11.3 Å². The fourth-order valence-corrected chi connectivity index (χ4v) is 2.43. The van der Waals surface area contributed by atoms with Crippen molar-refractivity contribution in [2.24, 2.45) is 0 Å². The van der Waals surface area contributed by atoms with Gasteiger partial charge in [-0.2, -0.15) is 5.10 Å². The Kier molecular flexibility index (Phi) is 5.11. The van der Waals surface area contributed by atoms with E-state index in [0.717, 1.165) is 29.5 Å². The molecule has 0 saturated heterocycles.